The lowest BCUT2D eigenvalue weighted by Gasteiger charge is -2.13. The second kappa shape index (κ2) is 17.3. The monoisotopic (exact) mass is 604 g/mol. The first-order valence-corrected chi connectivity index (χ1v) is 14.0. The number of rotatable bonds is 17. The molecule has 0 aliphatic rings. The van der Waals surface area contributed by atoms with E-state index in [4.69, 9.17) is 33.9 Å². The van der Waals surface area contributed by atoms with Crippen LogP contribution in [0, 0.1) is 0 Å². The summed E-state index contributed by atoms with van der Waals surface area (Å²) in [5, 5.41) is 18.0. The van der Waals surface area contributed by atoms with Crippen molar-refractivity contribution in [2.24, 2.45) is 0 Å². The first kappa shape index (κ1) is 33.6. The molecular weight excluding hydrogens is 568 g/mol. The number of unbranched alkanes of at least 4 members (excludes halogenated alkanes) is 2. The number of carbonyl (C=O) groups is 3. The largest absolute Gasteiger partial charge is 0.457 e. The fourth-order valence-corrected chi connectivity index (χ4v) is 3.81. The van der Waals surface area contributed by atoms with Crippen LogP contribution in [-0.2, 0) is 25.5 Å². The molecule has 0 atom stereocenters. The van der Waals surface area contributed by atoms with Crippen LogP contribution >= 0.6 is 0 Å². The molecule has 0 aromatic heterocycles. The summed E-state index contributed by atoms with van der Waals surface area (Å²) in [6, 6.07) is 19.0. The molecule has 0 radical (unpaired) electrons. The van der Waals surface area contributed by atoms with Crippen molar-refractivity contribution in [1.82, 2.24) is 0 Å². The number of esters is 3. The average molecular weight is 605 g/mol. The number of aliphatic hydroxyl groups is 2. The highest BCUT2D eigenvalue weighted by atomic mass is 16.7. The van der Waals surface area contributed by atoms with Crippen LogP contribution in [0.15, 0.2) is 91.0 Å². The maximum atomic E-state index is 12.7. The lowest BCUT2D eigenvalue weighted by molar-refractivity contribution is -0.146. The van der Waals surface area contributed by atoms with Gasteiger partial charge in [-0.3, -0.25) is 0 Å². The van der Waals surface area contributed by atoms with E-state index in [1.165, 1.54) is 18.1 Å². The quantitative estimate of drug-likeness (QED) is 0.0699. The molecule has 0 aliphatic carbocycles. The van der Waals surface area contributed by atoms with Gasteiger partial charge in [0.25, 0.3) is 0 Å². The average Bonchev–Trinajstić information content (AvgIpc) is 3.04. The Morgan fingerprint density at radius 3 is 1.73 bits per heavy atom. The van der Waals surface area contributed by atoms with Gasteiger partial charge in [-0.2, -0.15) is 0 Å². The van der Waals surface area contributed by atoms with Gasteiger partial charge in [0.15, 0.2) is 0 Å². The standard InChI is InChI=1S/C34H36O10/c1-4-5-6-7-25-8-10-27(11-9-25)34(39)44-29-14-12-26(13-15-29)28-16-30(40-21-42-32(37)23(2)19-35)18-31(17-28)41-22-43-33(38)24(3)20-36/h8-18,35-36H,2-7,19-22H2,1H3. The van der Waals surface area contributed by atoms with Crippen LogP contribution in [0.25, 0.3) is 11.1 Å². The molecule has 0 amide bonds. The van der Waals surface area contributed by atoms with Crippen molar-refractivity contribution < 1.29 is 48.3 Å². The van der Waals surface area contributed by atoms with Gasteiger partial charge in [-0.05, 0) is 65.9 Å². The Labute approximate surface area is 256 Å². The number of hydrogen-bond acceptors (Lipinski definition) is 10. The van der Waals surface area contributed by atoms with Gasteiger partial charge in [0, 0.05) is 6.07 Å². The van der Waals surface area contributed by atoms with E-state index >= 15 is 0 Å². The zero-order chi connectivity index (χ0) is 31.9. The van der Waals surface area contributed by atoms with Crippen molar-refractivity contribution >= 4 is 17.9 Å². The molecule has 232 valence electrons. The summed E-state index contributed by atoms with van der Waals surface area (Å²) in [6.07, 6.45) is 4.40. The summed E-state index contributed by atoms with van der Waals surface area (Å²) in [5.74, 6) is -1.25. The third-order valence-electron chi connectivity index (χ3n) is 6.33. The van der Waals surface area contributed by atoms with Gasteiger partial charge in [-0.1, -0.05) is 57.2 Å². The van der Waals surface area contributed by atoms with E-state index in [0.29, 0.717) is 22.4 Å². The molecule has 10 nitrogen and oxygen atoms in total. The second-order valence-electron chi connectivity index (χ2n) is 9.67. The molecule has 3 aromatic rings. The van der Waals surface area contributed by atoms with E-state index in [1.54, 1.807) is 48.5 Å². The van der Waals surface area contributed by atoms with Gasteiger partial charge in [-0.15, -0.1) is 0 Å². The molecule has 0 spiro atoms. The van der Waals surface area contributed by atoms with Crippen LogP contribution in [0.1, 0.15) is 42.1 Å². The van der Waals surface area contributed by atoms with Crippen LogP contribution in [0.3, 0.4) is 0 Å². The Morgan fingerprint density at radius 2 is 1.23 bits per heavy atom. The molecule has 0 heterocycles. The number of aryl methyl sites for hydroxylation is 1. The fourth-order valence-electron chi connectivity index (χ4n) is 3.81. The zero-order valence-electron chi connectivity index (χ0n) is 24.6. The summed E-state index contributed by atoms with van der Waals surface area (Å²) in [4.78, 5) is 36.2. The van der Waals surface area contributed by atoms with Crippen LogP contribution < -0.4 is 14.2 Å². The van der Waals surface area contributed by atoms with Gasteiger partial charge in [0.2, 0.25) is 13.6 Å². The van der Waals surface area contributed by atoms with Crippen LogP contribution in [0.2, 0.25) is 0 Å². The minimum Gasteiger partial charge on any atom is -0.457 e. The molecule has 0 bridgehead atoms. The van der Waals surface area contributed by atoms with Crippen LogP contribution in [0.5, 0.6) is 17.2 Å². The van der Waals surface area contributed by atoms with Crippen molar-refractivity contribution in [2.45, 2.75) is 32.6 Å². The molecule has 3 rings (SSSR count). The molecule has 0 saturated carbocycles. The fraction of sp³-hybridized carbons (Fsp3) is 0.265. The molecule has 3 aromatic carbocycles. The van der Waals surface area contributed by atoms with Gasteiger partial charge in [0.05, 0.1) is 29.9 Å². The number of hydrogen-bond donors (Lipinski definition) is 2. The molecule has 2 N–H and O–H groups in total. The van der Waals surface area contributed by atoms with E-state index in [1.807, 2.05) is 12.1 Å². The van der Waals surface area contributed by atoms with Crippen LogP contribution in [0.4, 0.5) is 0 Å². The molecule has 0 saturated heterocycles. The highest BCUT2D eigenvalue weighted by Crippen LogP contribution is 2.31. The smallest absolute Gasteiger partial charge is 0.343 e. The summed E-state index contributed by atoms with van der Waals surface area (Å²) in [5.41, 5.74) is 2.69. The molecule has 44 heavy (non-hydrogen) atoms. The first-order valence-electron chi connectivity index (χ1n) is 14.0. The van der Waals surface area contributed by atoms with E-state index in [2.05, 4.69) is 20.1 Å². The van der Waals surface area contributed by atoms with E-state index < -0.39 is 44.7 Å². The molecule has 0 aliphatic heterocycles. The maximum Gasteiger partial charge on any atom is 0.343 e. The number of aliphatic hydroxyl groups excluding tert-OH is 2. The zero-order valence-corrected chi connectivity index (χ0v) is 24.6. The van der Waals surface area contributed by atoms with Gasteiger partial charge in [-0.25, -0.2) is 14.4 Å². The highest BCUT2D eigenvalue weighted by Gasteiger charge is 2.13. The van der Waals surface area contributed by atoms with Gasteiger partial charge >= 0.3 is 17.9 Å². The van der Waals surface area contributed by atoms with E-state index in [9.17, 15) is 14.4 Å². The summed E-state index contributed by atoms with van der Waals surface area (Å²) < 4.78 is 26.5. The Balaban J connectivity index is 1.71. The Morgan fingerprint density at radius 1 is 0.682 bits per heavy atom. The molecular formula is C34H36O10. The lowest BCUT2D eigenvalue weighted by Crippen LogP contribution is -2.14. The normalized spacial score (nSPS) is 10.4. The molecule has 0 unspecified atom stereocenters. The molecule has 0 fully saturated rings. The predicted octanol–water partition coefficient (Wildman–Crippen LogP) is 5.16. The molecule has 10 heteroatoms. The first-order chi connectivity index (χ1) is 21.2. The third-order valence-corrected chi connectivity index (χ3v) is 6.33. The lowest BCUT2D eigenvalue weighted by atomic mass is 10.0. The Hall–Kier alpha value is -4.93. The van der Waals surface area contributed by atoms with Crippen molar-refractivity contribution in [3.8, 4) is 28.4 Å². The number of ether oxygens (including phenoxy) is 5. The van der Waals surface area contributed by atoms with Crippen molar-refractivity contribution in [3.63, 3.8) is 0 Å². The van der Waals surface area contributed by atoms with Crippen molar-refractivity contribution in [2.75, 3.05) is 26.8 Å². The van der Waals surface area contributed by atoms with Gasteiger partial charge < -0.3 is 33.9 Å². The van der Waals surface area contributed by atoms with E-state index in [0.717, 1.165) is 19.3 Å². The predicted molar refractivity (Wildman–Crippen MR) is 162 cm³/mol. The minimum atomic E-state index is -0.816. The SMILES string of the molecule is C=C(CO)C(=O)OCOc1cc(OCOC(=O)C(=C)CO)cc(-c2ccc(OC(=O)c3ccc(CCCCC)cc3)cc2)c1. The van der Waals surface area contributed by atoms with Gasteiger partial charge in [0.1, 0.15) is 17.2 Å². The van der Waals surface area contributed by atoms with Crippen molar-refractivity contribution in [1.29, 1.82) is 0 Å². The third kappa shape index (κ3) is 10.4. The Bertz CT molecular complexity index is 1390. The topological polar surface area (TPSA) is 138 Å². The second-order valence-corrected chi connectivity index (χ2v) is 9.67. The summed E-state index contributed by atoms with van der Waals surface area (Å²) >= 11 is 0. The van der Waals surface area contributed by atoms with Crippen molar-refractivity contribution in [3.05, 3.63) is 102 Å². The number of carbonyl (C=O) groups excluding carboxylic acids is 3. The number of benzene rings is 3. The highest BCUT2D eigenvalue weighted by molar-refractivity contribution is 5.91. The summed E-state index contributed by atoms with van der Waals surface area (Å²) in [6.45, 7) is 6.91. The summed E-state index contributed by atoms with van der Waals surface area (Å²) in [7, 11) is 0. The minimum absolute atomic E-state index is 0.127. The van der Waals surface area contributed by atoms with Crippen LogP contribution in [-0.4, -0.2) is 54.9 Å². The Kier molecular flexibility index (Phi) is 13.2. The maximum absolute atomic E-state index is 12.7. The van der Waals surface area contributed by atoms with E-state index in [-0.39, 0.29) is 22.6 Å².